The van der Waals surface area contributed by atoms with Gasteiger partial charge in [-0.25, -0.2) is 0 Å². The van der Waals surface area contributed by atoms with Crippen molar-refractivity contribution in [1.82, 2.24) is 9.80 Å². The van der Waals surface area contributed by atoms with E-state index in [2.05, 4.69) is 23.8 Å². The van der Waals surface area contributed by atoms with E-state index in [9.17, 15) is 0 Å². The topological polar surface area (TPSA) is 52.7 Å². The summed E-state index contributed by atoms with van der Waals surface area (Å²) in [5, 5.41) is 9.16. The Kier molecular flexibility index (Phi) is 5.18. The molecule has 0 aromatic rings. The number of hydrogen-bond donors (Lipinski definition) is 2. The van der Waals surface area contributed by atoms with Crippen LogP contribution in [0.3, 0.4) is 0 Å². The highest BCUT2D eigenvalue weighted by Gasteiger charge is 2.26. The fraction of sp³-hybridized carbons (Fsp3) is 1.00. The number of rotatable bonds is 5. The van der Waals surface area contributed by atoms with Crippen LogP contribution in [0.5, 0.6) is 0 Å². The third kappa shape index (κ3) is 4.01. The molecule has 0 radical (unpaired) electrons. The van der Waals surface area contributed by atoms with Crippen molar-refractivity contribution in [2.24, 2.45) is 5.73 Å². The first kappa shape index (κ1) is 13.9. The molecular formula is C12H27N3O. The molecule has 96 valence electrons. The summed E-state index contributed by atoms with van der Waals surface area (Å²) in [6.45, 7) is 8.46. The summed E-state index contributed by atoms with van der Waals surface area (Å²) < 4.78 is 0. The summed E-state index contributed by atoms with van der Waals surface area (Å²) in [6, 6.07) is 0.622. The molecule has 0 bridgehead atoms. The molecule has 1 aliphatic heterocycles. The summed E-state index contributed by atoms with van der Waals surface area (Å²) in [5.41, 5.74) is 5.50. The minimum absolute atomic E-state index is 0.0468. The highest BCUT2D eigenvalue weighted by Crippen LogP contribution is 2.16. The molecule has 4 nitrogen and oxygen atoms in total. The van der Waals surface area contributed by atoms with E-state index in [1.165, 1.54) is 25.9 Å². The number of likely N-dealkylation sites (N-methyl/N-ethyl adjacent to an activating group) is 1. The second-order valence-electron chi connectivity index (χ2n) is 5.39. The van der Waals surface area contributed by atoms with E-state index in [1.54, 1.807) is 0 Å². The van der Waals surface area contributed by atoms with Gasteiger partial charge in [0, 0.05) is 18.1 Å². The van der Waals surface area contributed by atoms with Crippen LogP contribution in [0.4, 0.5) is 0 Å². The van der Waals surface area contributed by atoms with Crippen LogP contribution in [0, 0.1) is 0 Å². The van der Waals surface area contributed by atoms with Crippen molar-refractivity contribution in [3.05, 3.63) is 0 Å². The van der Waals surface area contributed by atoms with Gasteiger partial charge in [0.05, 0.1) is 6.61 Å². The van der Waals surface area contributed by atoms with E-state index in [4.69, 9.17) is 10.8 Å². The second kappa shape index (κ2) is 5.96. The monoisotopic (exact) mass is 229 g/mol. The molecule has 0 aromatic carbocycles. The van der Waals surface area contributed by atoms with Crippen LogP contribution in [-0.4, -0.2) is 66.3 Å². The number of nitrogens with two attached hydrogens (primary N) is 1. The Hall–Kier alpha value is -0.160. The number of nitrogens with zero attached hydrogens (tertiary/aromatic N) is 2. The molecule has 1 rings (SSSR count). The molecule has 1 unspecified atom stereocenters. The Balaban J connectivity index is 2.36. The van der Waals surface area contributed by atoms with E-state index in [0.29, 0.717) is 6.04 Å². The van der Waals surface area contributed by atoms with Gasteiger partial charge in [0.2, 0.25) is 0 Å². The molecule has 0 amide bonds. The number of aliphatic hydroxyl groups is 1. The maximum Gasteiger partial charge on any atom is 0.0621 e. The van der Waals surface area contributed by atoms with Crippen molar-refractivity contribution in [2.45, 2.75) is 38.3 Å². The number of likely N-dealkylation sites (tertiary alicyclic amines) is 1. The zero-order valence-electron chi connectivity index (χ0n) is 10.9. The molecule has 1 saturated heterocycles. The molecular weight excluding hydrogens is 202 g/mol. The number of aliphatic hydroxyl groups excluding tert-OH is 1. The predicted molar refractivity (Wildman–Crippen MR) is 67.4 cm³/mol. The largest absolute Gasteiger partial charge is 0.394 e. The maximum absolute atomic E-state index is 9.16. The molecule has 1 atom stereocenters. The van der Waals surface area contributed by atoms with Crippen molar-refractivity contribution in [3.63, 3.8) is 0 Å². The standard InChI is InChI=1S/C12H27N3O/c1-4-15-7-5-11(6-8-15)14(3)9-12(2,13)10-16/h11,16H,4-10,13H2,1-3H3. The van der Waals surface area contributed by atoms with E-state index in [1.807, 2.05) is 6.92 Å². The molecule has 0 spiro atoms. The van der Waals surface area contributed by atoms with Gasteiger partial charge in [-0.15, -0.1) is 0 Å². The van der Waals surface area contributed by atoms with Gasteiger partial charge in [0.25, 0.3) is 0 Å². The van der Waals surface area contributed by atoms with Crippen molar-refractivity contribution in [1.29, 1.82) is 0 Å². The van der Waals surface area contributed by atoms with E-state index >= 15 is 0 Å². The Bertz CT molecular complexity index is 200. The van der Waals surface area contributed by atoms with Crippen LogP contribution in [0.15, 0.2) is 0 Å². The lowest BCUT2D eigenvalue weighted by atomic mass is 9.99. The molecule has 0 saturated carbocycles. The zero-order valence-corrected chi connectivity index (χ0v) is 10.9. The highest BCUT2D eigenvalue weighted by molar-refractivity contribution is 4.85. The van der Waals surface area contributed by atoms with Gasteiger partial charge < -0.3 is 20.6 Å². The predicted octanol–water partition coefficient (Wildman–Crippen LogP) is 0.112. The van der Waals surface area contributed by atoms with Crippen molar-refractivity contribution >= 4 is 0 Å². The quantitative estimate of drug-likeness (QED) is 0.703. The fourth-order valence-corrected chi connectivity index (χ4v) is 2.43. The summed E-state index contributed by atoms with van der Waals surface area (Å²) in [5.74, 6) is 0. The van der Waals surface area contributed by atoms with E-state index in [-0.39, 0.29) is 6.61 Å². The first-order chi connectivity index (χ1) is 7.48. The van der Waals surface area contributed by atoms with Gasteiger partial charge in [0.1, 0.15) is 0 Å². The fourth-order valence-electron chi connectivity index (χ4n) is 2.43. The minimum Gasteiger partial charge on any atom is -0.394 e. The normalized spacial score (nSPS) is 23.6. The molecule has 3 N–H and O–H groups in total. The summed E-state index contributed by atoms with van der Waals surface area (Å²) >= 11 is 0. The molecule has 0 aromatic heterocycles. The Morgan fingerprint density at radius 3 is 2.44 bits per heavy atom. The molecule has 16 heavy (non-hydrogen) atoms. The van der Waals surface area contributed by atoms with Crippen LogP contribution in [0.25, 0.3) is 0 Å². The average Bonchev–Trinajstić information content (AvgIpc) is 2.28. The summed E-state index contributed by atoms with van der Waals surface area (Å²) in [4.78, 5) is 4.79. The van der Waals surface area contributed by atoms with Crippen LogP contribution < -0.4 is 5.73 Å². The van der Waals surface area contributed by atoms with Crippen LogP contribution in [0.2, 0.25) is 0 Å². The highest BCUT2D eigenvalue weighted by atomic mass is 16.3. The molecule has 0 aliphatic carbocycles. The molecule has 1 fully saturated rings. The summed E-state index contributed by atoms with van der Waals surface area (Å²) in [7, 11) is 2.12. The molecule has 1 aliphatic rings. The van der Waals surface area contributed by atoms with Crippen LogP contribution in [0.1, 0.15) is 26.7 Å². The van der Waals surface area contributed by atoms with Crippen LogP contribution in [-0.2, 0) is 0 Å². The lowest BCUT2D eigenvalue weighted by Gasteiger charge is -2.39. The van der Waals surface area contributed by atoms with Gasteiger partial charge in [0.15, 0.2) is 0 Å². The van der Waals surface area contributed by atoms with Crippen LogP contribution >= 0.6 is 0 Å². The smallest absolute Gasteiger partial charge is 0.0621 e. The third-order valence-corrected chi connectivity index (χ3v) is 3.60. The van der Waals surface area contributed by atoms with Gasteiger partial charge >= 0.3 is 0 Å². The van der Waals surface area contributed by atoms with Crippen molar-refractivity contribution in [2.75, 3.05) is 39.8 Å². The minimum atomic E-state index is -0.476. The van der Waals surface area contributed by atoms with Crippen molar-refractivity contribution < 1.29 is 5.11 Å². The maximum atomic E-state index is 9.16. The zero-order chi connectivity index (χ0) is 12.2. The van der Waals surface area contributed by atoms with Gasteiger partial charge in [-0.05, 0) is 46.4 Å². The molecule has 1 heterocycles. The lowest BCUT2D eigenvalue weighted by molar-refractivity contribution is 0.0955. The van der Waals surface area contributed by atoms with Crippen molar-refractivity contribution in [3.8, 4) is 0 Å². The van der Waals surface area contributed by atoms with E-state index < -0.39 is 5.54 Å². The Morgan fingerprint density at radius 1 is 1.44 bits per heavy atom. The molecule has 4 heteroatoms. The Labute approximate surface area is 99.4 Å². The van der Waals surface area contributed by atoms with E-state index in [0.717, 1.165) is 13.1 Å². The van der Waals surface area contributed by atoms with Gasteiger partial charge in [-0.2, -0.15) is 0 Å². The Morgan fingerprint density at radius 2 is 2.00 bits per heavy atom. The third-order valence-electron chi connectivity index (χ3n) is 3.60. The average molecular weight is 229 g/mol. The van der Waals surface area contributed by atoms with Gasteiger partial charge in [-0.3, -0.25) is 0 Å². The lowest BCUT2D eigenvalue weighted by Crippen LogP contribution is -2.53. The number of piperidine rings is 1. The first-order valence-corrected chi connectivity index (χ1v) is 6.31. The first-order valence-electron chi connectivity index (χ1n) is 6.31. The summed E-state index contributed by atoms with van der Waals surface area (Å²) in [6.07, 6.45) is 2.43. The second-order valence-corrected chi connectivity index (χ2v) is 5.39. The SMILES string of the molecule is CCN1CCC(N(C)CC(C)(N)CO)CC1. The number of hydrogen-bond acceptors (Lipinski definition) is 4. The van der Waals surface area contributed by atoms with Gasteiger partial charge in [-0.1, -0.05) is 6.92 Å².